The first-order valence-corrected chi connectivity index (χ1v) is 5.48. The Bertz CT molecular complexity index is 33.4. The monoisotopic (exact) mass is 152 g/mol. The summed E-state index contributed by atoms with van der Waals surface area (Å²) >= 11 is 9.81. The van der Waals surface area contributed by atoms with Gasteiger partial charge in [-0.1, -0.05) is 0 Å². The standard InChI is InChI=1S/2C2H2.Cl2H2Si/c2*1-2;1-3-2/h2*1-2H;3H2. The second-order valence-corrected chi connectivity index (χ2v) is 2.73. The summed E-state index contributed by atoms with van der Waals surface area (Å²) < 4.78 is 0. The molecule has 0 saturated carbocycles. The van der Waals surface area contributed by atoms with Crippen molar-refractivity contribution in [2.45, 2.75) is 0 Å². The number of hydrogen-bond acceptors (Lipinski definition) is 0. The van der Waals surface area contributed by atoms with Gasteiger partial charge in [-0.2, -0.15) is 22.2 Å². The maximum atomic E-state index is 4.90. The van der Waals surface area contributed by atoms with Gasteiger partial charge in [0.1, 0.15) is 0 Å². The van der Waals surface area contributed by atoms with Crippen LogP contribution in [0.5, 0.6) is 0 Å². The van der Waals surface area contributed by atoms with Gasteiger partial charge in [-0.15, -0.1) is 25.7 Å². The second-order valence-electron chi connectivity index (χ2n) is 0.101. The average Bonchev–Trinajstić information content (AvgIpc) is 1.78. The third-order valence-corrected chi connectivity index (χ3v) is 0. The van der Waals surface area contributed by atoms with Crippen molar-refractivity contribution in [3.05, 3.63) is 0 Å². The average molecular weight is 153 g/mol. The van der Waals surface area contributed by atoms with E-state index >= 15 is 0 Å². The number of halogens is 2. The largest absolute Gasteiger partial charge is 0.222 e. The summed E-state index contributed by atoms with van der Waals surface area (Å²) in [5.41, 5.74) is 0. The molecule has 40 valence electrons. The van der Waals surface area contributed by atoms with Crippen molar-refractivity contribution < 1.29 is 0 Å². The van der Waals surface area contributed by atoms with Gasteiger partial charge >= 0.3 is 0 Å². The van der Waals surface area contributed by atoms with Gasteiger partial charge in [-0.25, -0.2) is 0 Å². The SMILES string of the molecule is C#C.C#C.Cl[SiH2]Cl. The highest BCUT2D eigenvalue weighted by Crippen LogP contribution is 1.67. The minimum Gasteiger partial charge on any atom is -0.155 e. The van der Waals surface area contributed by atoms with Gasteiger partial charge in [0.2, 0.25) is 8.14 Å². The summed E-state index contributed by atoms with van der Waals surface area (Å²) in [5.74, 6) is 0. The Balaban J connectivity index is -0.0000000360. The Morgan fingerprint density at radius 2 is 0.857 bits per heavy atom. The van der Waals surface area contributed by atoms with Crippen LogP contribution in [-0.2, 0) is 0 Å². The Labute approximate surface area is 56.4 Å². The summed E-state index contributed by atoms with van der Waals surface area (Å²) in [6.07, 6.45) is 16.0. The fourth-order valence-electron chi connectivity index (χ4n) is 0. The lowest BCUT2D eigenvalue weighted by Crippen LogP contribution is -1.36. The summed E-state index contributed by atoms with van der Waals surface area (Å²) in [7, 11) is -0.639. The lowest BCUT2D eigenvalue weighted by molar-refractivity contribution is 3.31. The quantitative estimate of drug-likeness (QED) is 0.276. The van der Waals surface area contributed by atoms with Crippen LogP contribution in [0.2, 0.25) is 0 Å². The van der Waals surface area contributed by atoms with Crippen molar-refractivity contribution in [1.29, 1.82) is 0 Å². The van der Waals surface area contributed by atoms with E-state index in [1.54, 1.807) is 0 Å². The van der Waals surface area contributed by atoms with Crippen LogP contribution in [0.3, 0.4) is 0 Å². The molecule has 7 heavy (non-hydrogen) atoms. The number of terminal acetylenes is 2. The van der Waals surface area contributed by atoms with E-state index in [9.17, 15) is 0 Å². The summed E-state index contributed by atoms with van der Waals surface area (Å²) in [6.45, 7) is 0. The van der Waals surface area contributed by atoms with E-state index in [0.29, 0.717) is 0 Å². The van der Waals surface area contributed by atoms with E-state index in [1.807, 2.05) is 0 Å². The predicted molar refractivity (Wildman–Crippen MR) is 40.0 cm³/mol. The molecule has 0 aliphatic carbocycles. The molecule has 0 atom stereocenters. The Kier molecular flexibility index (Phi) is 384. The molecule has 0 aromatic heterocycles. The minimum absolute atomic E-state index is 0.639. The Morgan fingerprint density at radius 1 is 0.857 bits per heavy atom. The van der Waals surface area contributed by atoms with Crippen LogP contribution in [0, 0.1) is 25.7 Å². The van der Waals surface area contributed by atoms with Crippen molar-refractivity contribution in [2.24, 2.45) is 0 Å². The molecule has 0 heterocycles. The van der Waals surface area contributed by atoms with Crippen LogP contribution in [0.4, 0.5) is 0 Å². The molecule has 0 radical (unpaired) electrons. The smallest absolute Gasteiger partial charge is 0.155 e. The molecular weight excluding hydrogens is 147 g/mol. The van der Waals surface area contributed by atoms with E-state index in [2.05, 4.69) is 25.7 Å². The van der Waals surface area contributed by atoms with Gasteiger partial charge in [-0.3, -0.25) is 0 Å². The van der Waals surface area contributed by atoms with Crippen molar-refractivity contribution in [3.8, 4) is 25.7 Å². The van der Waals surface area contributed by atoms with Crippen LogP contribution in [0.1, 0.15) is 0 Å². The molecule has 0 aromatic rings. The van der Waals surface area contributed by atoms with Gasteiger partial charge in [0, 0.05) is 0 Å². The van der Waals surface area contributed by atoms with Gasteiger partial charge in [0.15, 0.2) is 0 Å². The van der Waals surface area contributed by atoms with Crippen molar-refractivity contribution in [2.75, 3.05) is 0 Å². The molecule has 0 aliphatic heterocycles. The third-order valence-electron chi connectivity index (χ3n) is 0. The molecule has 0 saturated heterocycles. The molecule has 3 heteroatoms. The number of hydrogen-bond donors (Lipinski definition) is 0. The fraction of sp³-hybridized carbons (Fsp3) is 0. The zero-order chi connectivity index (χ0) is 6.71. The van der Waals surface area contributed by atoms with Crippen molar-refractivity contribution in [3.63, 3.8) is 0 Å². The first-order valence-electron chi connectivity index (χ1n) is 1.20. The zero-order valence-electron chi connectivity index (χ0n) is 3.77. The molecule has 0 amide bonds. The van der Waals surface area contributed by atoms with Crippen LogP contribution in [0.15, 0.2) is 0 Å². The minimum atomic E-state index is -0.639. The van der Waals surface area contributed by atoms with Gasteiger partial charge in [0.05, 0.1) is 0 Å². The summed E-state index contributed by atoms with van der Waals surface area (Å²) in [6, 6.07) is 0. The third kappa shape index (κ3) is 13100. The molecule has 0 unspecified atom stereocenters. The molecule has 0 spiro atoms. The van der Waals surface area contributed by atoms with Crippen LogP contribution >= 0.6 is 22.2 Å². The van der Waals surface area contributed by atoms with Crippen molar-refractivity contribution >= 4 is 30.3 Å². The maximum absolute atomic E-state index is 4.90. The molecule has 0 bridgehead atoms. The van der Waals surface area contributed by atoms with Gasteiger partial charge in [0.25, 0.3) is 0 Å². The molecule has 0 nitrogen and oxygen atoms in total. The second kappa shape index (κ2) is 170. The fourth-order valence-corrected chi connectivity index (χ4v) is 0. The highest BCUT2D eigenvalue weighted by atomic mass is 35.7. The topological polar surface area (TPSA) is 0 Å². The highest BCUT2D eigenvalue weighted by Gasteiger charge is 1.46. The molecule has 0 N–H and O–H groups in total. The summed E-state index contributed by atoms with van der Waals surface area (Å²) in [4.78, 5) is 0. The van der Waals surface area contributed by atoms with E-state index in [1.165, 1.54) is 0 Å². The molecule has 0 aromatic carbocycles. The first kappa shape index (κ1) is 15.8. The molecule has 0 rings (SSSR count). The van der Waals surface area contributed by atoms with Crippen LogP contribution in [-0.4, -0.2) is 8.14 Å². The first-order chi connectivity index (χ1) is 3.41. The van der Waals surface area contributed by atoms with Gasteiger partial charge < -0.3 is 0 Å². The van der Waals surface area contributed by atoms with Crippen LogP contribution < -0.4 is 0 Å². The molecular formula is C4H6Cl2Si. The summed E-state index contributed by atoms with van der Waals surface area (Å²) in [5, 5.41) is 0. The Morgan fingerprint density at radius 3 is 0.857 bits per heavy atom. The predicted octanol–water partition coefficient (Wildman–Crippen LogP) is 0.962. The lowest BCUT2D eigenvalue weighted by Gasteiger charge is -1.39. The van der Waals surface area contributed by atoms with E-state index in [-0.39, 0.29) is 0 Å². The van der Waals surface area contributed by atoms with Gasteiger partial charge in [-0.05, 0) is 0 Å². The normalized spacial score (nSPS) is 3.14. The highest BCUT2D eigenvalue weighted by molar-refractivity contribution is 7.22. The van der Waals surface area contributed by atoms with Crippen molar-refractivity contribution in [1.82, 2.24) is 0 Å². The van der Waals surface area contributed by atoms with E-state index in [0.717, 1.165) is 0 Å². The Hall–Kier alpha value is -0.0831. The molecule has 0 aliphatic rings. The number of rotatable bonds is 0. The maximum Gasteiger partial charge on any atom is 0.222 e. The molecule has 0 fully saturated rings. The van der Waals surface area contributed by atoms with E-state index < -0.39 is 8.14 Å². The van der Waals surface area contributed by atoms with Crippen LogP contribution in [0.25, 0.3) is 0 Å². The van der Waals surface area contributed by atoms with E-state index in [4.69, 9.17) is 22.2 Å². The zero-order valence-corrected chi connectivity index (χ0v) is 6.70. The lowest BCUT2D eigenvalue weighted by atomic mass is 11.4.